The molecule has 0 saturated heterocycles. The van der Waals surface area contributed by atoms with Crippen LogP contribution in [0.15, 0.2) is 194 Å². The first kappa shape index (κ1) is 27.9. The molecule has 0 atom stereocenters. The van der Waals surface area contributed by atoms with Crippen molar-refractivity contribution in [1.82, 2.24) is 4.40 Å². The third kappa shape index (κ3) is 4.74. The summed E-state index contributed by atoms with van der Waals surface area (Å²) in [6.45, 7) is 0. The topological polar surface area (TPSA) is 7.65 Å². The van der Waals surface area contributed by atoms with Gasteiger partial charge in [-0.2, -0.15) is 0 Å². The summed E-state index contributed by atoms with van der Waals surface area (Å²) < 4.78 is 2.36. The van der Waals surface area contributed by atoms with Crippen LogP contribution in [0.2, 0.25) is 0 Å². The minimum absolute atomic E-state index is 1.11. The lowest BCUT2D eigenvalue weighted by atomic mass is 9.99. The minimum Gasteiger partial charge on any atom is -0.315 e. The number of hydrogen-bond acceptors (Lipinski definition) is 1. The van der Waals surface area contributed by atoms with Gasteiger partial charge in [-0.15, -0.1) is 0 Å². The van der Waals surface area contributed by atoms with Crippen LogP contribution in [0.25, 0.3) is 60.6 Å². The Kier molecular flexibility index (Phi) is 6.84. The Morgan fingerprint density at radius 1 is 0.333 bits per heavy atom. The third-order valence-corrected chi connectivity index (χ3v) is 9.41. The van der Waals surface area contributed by atoms with Gasteiger partial charge in [0, 0.05) is 39.3 Å². The van der Waals surface area contributed by atoms with Gasteiger partial charge in [0.25, 0.3) is 0 Å². The summed E-state index contributed by atoms with van der Waals surface area (Å²) in [7, 11) is 0. The molecule has 0 amide bonds. The summed E-state index contributed by atoms with van der Waals surface area (Å²) in [4.78, 5) is 2.40. The van der Waals surface area contributed by atoms with Crippen LogP contribution in [0.1, 0.15) is 0 Å². The normalized spacial score (nSPS) is 11.3. The van der Waals surface area contributed by atoms with Gasteiger partial charge in [0.05, 0.1) is 16.7 Å². The smallest absolute Gasteiger partial charge is 0.0620 e. The molecule has 0 aliphatic carbocycles. The Hall–Kier alpha value is -6.38. The Balaban J connectivity index is 1.27. The van der Waals surface area contributed by atoms with Crippen LogP contribution in [-0.4, -0.2) is 4.40 Å². The molecule has 7 aromatic carbocycles. The van der Waals surface area contributed by atoms with Gasteiger partial charge in [0.2, 0.25) is 0 Å². The second kappa shape index (κ2) is 11.8. The van der Waals surface area contributed by atoms with Gasteiger partial charge in [-0.1, -0.05) is 146 Å². The Bertz CT molecular complexity index is 2430. The summed E-state index contributed by atoms with van der Waals surface area (Å²) in [5.41, 5.74) is 13.1. The largest absolute Gasteiger partial charge is 0.315 e. The number of fused-ring (bicyclic) bond motifs is 5. The molecule has 2 aromatic heterocycles. The van der Waals surface area contributed by atoms with Gasteiger partial charge in [0.1, 0.15) is 0 Å². The van der Waals surface area contributed by atoms with Crippen molar-refractivity contribution in [2.45, 2.75) is 0 Å². The molecular formula is C46H32N2. The van der Waals surface area contributed by atoms with Crippen molar-refractivity contribution >= 4 is 44.3 Å². The maximum absolute atomic E-state index is 2.40. The van der Waals surface area contributed by atoms with Gasteiger partial charge >= 0.3 is 0 Å². The summed E-state index contributed by atoms with van der Waals surface area (Å²) in [5, 5.41) is 3.67. The van der Waals surface area contributed by atoms with Crippen molar-refractivity contribution in [3.05, 3.63) is 194 Å². The summed E-state index contributed by atoms with van der Waals surface area (Å²) in [5.74, 6) is 0. The quantitative estimate of drug-likeness (QED) is 0.181. The van der Waals surface area contributed by atoms with Gasteiger partial charge < -0.3 is 9.30 Å². The molecule has 2 nitrogen and oxygen atoms in total. The van der Waals surface area contributed by atoms with E-state index in [-0.39, 0.29) is 0 Å². The van der Waals surface area contributed by atoms with E-state index in [1.54, 1.807) is 0 Å². The van der Waals surface area contributed by atoms with Gasteiger partial charge in [-0.25, -0.2) is 0 Å². The number of hydrogen-bond donors (Lipinski definition) is 0. The number of anilines is 3. The Morgan fingerprint density at radius 3 is 1.40 bits per heavy atom. The van der Waals surface area contributed by atoms with E-state index in [1.165, 1.54) is 60.6 Å². The van der Waals surface area contributed by atoms with E-state index in [1.807, 2.05) is 0 Å². The second-order valence-electron chi connectivity index (χ2n) is 12.2. The monoisotopic (exact) mass is 612 g/mol. The molecule has 0 fully saturated rings. The highest BCUT2D eigenvalue weighted by Gasteiger charge is 2.20. The predicted octanol–water partition coefficient (Wildman–Crippen LogP) is 12.7. The van der Waals surface area contributed by atoms with Crippen molar-refractivity contribution < 1.29 is 0 Å². The standard InChI is InChI=1S/C46H32N2/c1-4-13-33(14-5-1)35-23-27-38(28-24-35)48(39-29-25-36(26-30-39)34-15-6-2-7-16-34)44-22-12-20-41-40(44)31-32-47-43-21-11-10-19-42(43)45(46(41)47)37-17-8-3-9-18-37/h1-32H. The van der Waals surface area contributed by atoms with Gasteiger partial charge in [-0.3, -0.25) is 0 Å². The van der Waals surface area contributed by atoms with Crippen molar-refractivity contribution in [2.24, 2.45) is 0 Å². The summed E-state index contributed by atoms with van der Waals surface area (Å²) in [6, 6.07) is 67.6. The SMILES string of the molecule is c1ccc(-c2ccc(N(c3ccc(-c4ccccc4)cc3)c3cccc4c3ccn3c5ccccc5c(-c5ccccc5)c43)cc2)cc1. The first-order valence-corrected chi connectivity index (χ1v) is 16.4. The number of pyridine rings is 1. The van der Waals surface area contributed by atoms with E-state index in [2.05, 4.69) is 204 Å². The van der Waals surface area contributed by atoms with Crippen LogP contribution in [0.5, 0.6) is 0 Å². The van der Waals surface area contributed by atoms with E-state index >= 15 is 0 Å². The van der Waals surface area contributed by atoms with Crippen molar-refractivity contribution in [2.75, 3.05) is 4.90 Å². The molecule has 0 radical (unpaired) electrons. The number of nitrogens with zero attached hydrogens (tertiary/aromatic N) is 2. The molecule has 0 unspecified atom stereocenters. The Morgan fingerprint density at radius 2 is 0.812 bits per heavy atom. The molecule has 226 valence electrons. The molecule has 0 aliphatic heterocycles. The molecule has 2 heteroatoms. The zero-order chi connectivity index (χ0) is 31.9. The number of benzene rings is 7. The zero-order valence-corrected chi connectivity index (χ0v) is 26.4. The highest BCUT2D eigenvalue weighted by Crippen LogP contribution is 2.44. The van der Waals surface area contributed by atoms with Crippen molar-refractivity contribution in [3.8, 4) is 33.4 Å². The highest BCUT2D eigenvalue weighted by atomic mass is 15.1. The summed E-state index contributed by atoms with van der Waals surface area (Å²) in [6.07, 6.45) is 2.24. The fourth-order valence-corrected chi connectivity index (χ4v) is 7.15. The van der Waals surface area contributed by atoms with Crippen LogP contribution in [-0.2, 0) is 0 Å². The Labute approximate surface area is 280 Å². The molecule has 0 bridgehead atoms. The molecule has 2 heterocycles. The molecule has 48 heavy (non-hydrogen) atoms. The van der Waals surface area contributed by atoms with Crippen LogP contribution < -0.4 is 4.90 Å². The molecule has 0 N–H and O–H groups in total. The molecule has 0 aliphatic rings. The third-order valence-electron chi connectivity index (χ3n) is 9.41. The fraction of sp³-hybridized carbons (Fsp3) is 0. The van der Waals surface area contributed by atoms with Crippen LogP contribution in [0.4, 0.5) is 17.1 Å². The lowest BCUT2D eigenvalue weighted by Gasteiger charge is -2.27. The fourth-order valence-electron chi connectivity index (χ4n) is 7.15. The first-order chi connectivity index (χ1) is 23.8. The van der Waals surface area contributed by atoms with E-state index < -0.39 is 0 Å². The lowest BCUT2D eigenvalue weighted by Crippen LogP contribution is -2.10. The lowest BCUT2D eigenvalue weighted by molar-refractivity contribution is 1.26. The molecule has 9 rings (SSSR count). The van der Waals surface area contributed by atoms with Crippen LogP contribution >= 0.6 is 0 Å². The van der Waals surface area contributed by atoms with Crippen molar-refractivity contribution in [3.63, 3.8) is 0 Å². The first-order valence-electron chi connectivity index (χ1n) is 16.4. The van der Waals surface area contributed by atoms with Gasteiger partial charge in [0.15, 0.2) is 0 Å². The van der Waals surface area contributed by atoms with E-state index in [4.69, 9.17) is 0 Å². The van der Waals surface area contributed by atoms with E-state index in [9.17, 15) is 0 Å². The van der Waals surface area contributed by atoms with E-state index in [0.717, 1.165) is 17.1 Å². The maximum atomic E-state index is 2.40. The second-order valence-corrected chi connectivity index (χ2v) is 12.2. The average Bonchev–Trinajstić information content (AvgIpc) is 3.52. The number of para-hydroxylation sites is 1. The molecule has 0 spiro atoms. The van der Waals surface area contributed by atoms with Crippen LogP contribution in [0.3, 0.4) is 0 Å². The molecular weight excluding hydrogens is 581 g/mol. The number of rotatable bonds is 6. The zero-order valence-electron chi connectivity index (χ0n) is 26.4. The van der Waals surface area contributed by atoms with Gasteiger partial charge in [-0.05, 0) is 70.3 Å². The molecule has 0 saturated carbocycles. The highest BCUT2D eigenvalue weighted by molar-refractivity contribution is 6.17. The van der Waals surface area contributed by atoms with Crippen LogP contribution in [0, 0.1) is 0 Å². The predicted molar refractivity (Wildman–Crippen MR) is 203 cm³/mol. The minimum atomic E-state index is 1.11. The summed E-state index contributed by atoms with van der Waals surface area (Å²) >= 11 is 0. The van der Waals surface area contributed by atoms with Crippen molar-refractivity contribution in [1.29, 1.82) is 0 Å². The number of aromatic nitrogens is 1. The average molecular weight is 613 g/mol. The van der Waals surface area contributed by atoms with E-state index in [0.29, 0.717) is 0 Å². The maximum Gasteiger partial charge on any atom is 0.0620 e. The molecule has 9 aromatic rings.